The minimum absolute atomic E-state index is 0.166. The summed E-state index contributed by atoms with van der Waals surface area (Å²) in [6.45, 7) is 3.25. The smallest absolute Gasteiger partial charge is 0.256 e. The highest BCUT2D eigenvalue weighted by Crippen LogP contribution is 2.28. The number of aryl methyl sites for hydroxylation is 2. The second kappa shape index (κ2) is 9.17. The fourth-order valence-corrected chi connectivity index (χ4v) is 4.64. The van der Waals surface area contributed by atoms with Crippen molar-refractivity contribution in [2.75, 3.05) is 23.3 Å². The molecule has 1 atom stereocenters. The molecule has 178 valence electrons. The van der Waals surface area contributed by atoms with Gasteiger partial charge in [0.2, 0.25) is 5.91 Å². The molecule has 0 aliphatic carbocycles. The topological polar surface area (TPSA) is 119 Å². The zero-order valence-electron chi connectivity index (χ0n) is 19.7. The average Bonchev–Trinajstić information content (AvgIpc) is 3.17. The maximum atomic E-state index is 13.4. The van der Waals surface area contributed by atoms with Gasteiger partial charge in [-0.15, -0.1) is 0 Å². The first-order chi connectivity index (χ1) is 16.9. The zero-order chi connectivity index (χ0) is 24.5. The van der Waals surface area contributed by atoms with Gasteiger partial charge in [-0.3, -0.25) is 14.3 Å². The van der Waals surface area contributed by atoms with Crippen molar-refractivity contribution in [3.05, 3.63) is 66.0 Å². The maximum absolute atomic E-state index is 13.4. The van der Waals surface area contributed by atoms with Crippen LogP contribution < -0.4 is 16.0 Å². The molecule has 0 radical (unpaired) electrons. The predicted octanol–water partition coefficient (Wildman–Crippen LogP) is 3.29. The maximum Gasteiger partial charge on any atom is 0.256 e. The van der Waals surface area contributed by atoms with Gasteiger partial charge in [0.1, 0.15) is 5.82 Å². The number of aromatic nitrogens is 4. The molecule has 0 bridgehead atoms. The highest BCUT2D eigenvalue weighted by atomic mass is 16.2. The highest BCUT2D eigenvalue weighted by Gasteiger charge is 2.25. The number of hydrogen-bond donors (Lipinski definition) is 2. The fraction of sp³-hybridized carbons (Fsp3) is 0.269. The third-order valence-corrected chi connectivity index (χ3v) is 6.44. The number of carbonyl (C=O) groups is 2. The van der Waals surface area contributed by atoms with Gasteiger partial charge in [0, 0.05) is 25.7 Å². The first-order valence-corrected chi connectivity index (χ1v) is 11.6. The first kappa shape index (κ1) is 22.5. The van der Waals surface area contributed by atoms with Crippen LogP contribution in [0.3, 0.4) is 0 Å². The summed E-state index contributed by atoms with van der Waals surface area (Å²) in [4.78, 5) is 36.4. The van der Waals surface area contributed by atoms with Gasteiger partial charge in [0.05, 0.1) is 40.1 Å². The summed E-state index contributed by atoms with van der Waals surface area (Å²) in [6.07, 6.45) is 3.33. The number of fused-ring (bicyclic) bond motifs is 1. The van der Waals surface area contributed by atoms with E-state index in [4.69, 9.17) is 10.7 Å². The summed E-state index contributed by atoms with van der Waals surface area (Å²) >= 11 is 0. The highest BCUT2D eigenvalue weighted by molar-refractivity contribution is 6.13. The van der Waals surface area contributed by atoms with E-state index < -0.39 is 0 Å². The normalized spacial score (nSPS) is 15.8. The zero-order valence-corrected chi connectivity index (χ0v) is 19.7. The lowest BCUT2D eigenvalue weighted by atomic mass is 9.97. The molecule has 1 aliphatic rings. The first-order valence-electron chi connectivity index (χ1n) is 11.6. The van der Waals surface area contributed by atoms with Crippen LogP contribution in [0.2, 0.25) is 0 Å². The Morgan fingerprint density at radius 2 is 1.94 bits per heavy atom. The molecule has 9 nitrogen and oxygen atoms in total. The van der Waals surface area contributed by atoms with Gasteiger partial charge < -0.3 is 16.0 Å². The number of anilines is 2. The van der Waals surface area contributed by atoms with Crippen molar-refractivity contribution in [2.24, 2.45) is 18.7 Å². The molecule has 0 spiro atoms. The molecule has 9 heteroatoms. The monoisotopic (exact) mass is 469 g/mol. The molecule has 1 saturated heterocycles. The van der Waals surface area contributed by atoms with Crippen molar-refractivity contribution in [3.63, 3.8) is 0 Å². The number of pyridine rings is 2. The molecule has 1 unspecified atom stereocenters. The van der Waals surface area contributed by atoms with Crippen LogP contribution in [0.5, 0.6) is 0 Å². The number of amides is 2. The Morgan fingerprint density at radius 3 is 2.66 bits per heavy atom. The Kier molecular flexibility index (Phi) is 5.90. The summed E-state index contributed by atoms with van der Waals surface area (Å²) in [7, 11) is 1.82. The molecule has 2 amide bonds. The lowest BCUT2D eigenvalue weighted by Crippen LogP contribution is -2.41. The van der Waals surface area contributed by atoms with E-state index in [0.29, 0.717) is 29.1 Å². The molecule has 35 heavy (non-hydrogen) atoms. The summed E-state index contributed by atoms with van der Waals surface area (Å²) in [5, 5.41) is 8.17. The molecule has 5 rings (SSSR count). The SMILES string of the molecule is Cc1nn(C)c2nc(-c3ccccc3)cc(C(=O)Nc3ccc(N4CCCC(C(N)=O)C4)nc3)c12. The Labute approximate surface area is 203 Å². The number of nitrogens with two attached hydrogens (primary N) is 1. The molecule has 3 N–H and O–H groups in total. The van der Waals surface area contributed by atoms with Crippen LogP contribution in [0, 0.1) is 12.8 Å². The Bertz CT molecular complexity index is 1400. The van der Waals surface area contributed by atoms with Crippen molar-refractivity contribution < 1.29 is 9.59 Å². The van der Waals surface area contributed by atoms with E-state index in [1.807, 2.05) is 56.4 Å². The van der Waals surface area contributed by atoms with Crippen molar-refractivity contribution in [3.8, 4) is 11.3 Å². The Hall–Kier alpha value is -4.27. The van der Waals surface area contributed by atoms with Gasteiger partial charge >= 0.3 is 0 Å². The van der Waals surface area contributed by atoms with Gasteiger partial charge in [0.15, 0.2) is 5.65 Å². The average molecular weight is 470 g/mol. The van der Waals surface area contributed by atoms with E-state index in [1.165, 1.54) is 0 Å². The number of nitrogens with zero attached hydrogens (tertiary/aromatic N) is 5. The molecule has 4 heterocycles. The standard InChI is InChI=1S/C26H27N7O2/c1-16-23-20(13-21(17-7-4-3-5-8-17)30-25(23)32(2)31-16)26(35)29-19-10-11-22(28-14-19)33-12-6-9-18(15-33)24(27)34/h3-5,7-8,10-11,13-14,18H,6,9,12,15H2,1-2H3,(H2,27,34)(H,29,35). The quantitative estimate of drug-likeness (QED) is 0.463. The van der Waals surface area contributed by atoms with E-state index in [-0.39, 0.29) is 17.7 Å². The predicted molar refractivity (Wildman–Crippen MR) is 135 cm³/mol. The number of rotatable bonds is 5. The number of hydrogen-bond acceptors (Lipinski definition) is 6. The van der Waals surface area contributed by atoms with Gasteiger partial charge in [0.25, 0.3) is 5.91 Å². The number of benzene rings is 1. The second-order valence-corrected chi connectivity index (χ2v) is 8.88. The van der Waals surface area contributed by atoms with Crippen LogP contribution in [-0.4, -0.2) is 44.7 Å². The largest absolute Gasteiger partial charge is 0.369 e. The summed E-state index contributed by atoms with van der Waals surface area (Å²) < 4.78 is 1.70. The molecule has 4 aromatic rings. The minimum Gasteiger partial charge on any atom is -0.369 e. The molecule has 0 saturated carbocycles. The third kappa shape index (κ3) is 4.44. The number of carbonyl (C=O) groups excluding carboxylic acids is 2. The van der Waals surface area contributed by atoms with Crippen LogP contribution >= 0.6 is 0 Å². The molecule has 3 aromatic heterocycles. The van der Waals surface area contributed by atoms with E-state index in [0.717, 1.165) is 41.8 Å². The van der Waals surface area contributed by atoms with Crippen LogP contribution in [0.4, 0.5) is 11.5 Å². The summed E-state index contributed by atoms with van der Waals surface area (Å²) in [6, 6.07) is 15.2. The van der Waals surface area contributed by atoms with Crippen molar-refractivity contribution >= 4 is 34.4 Å². The molecular weight excluding hydrogens is 442 g/mol. The van der Waals surface area contributed by atoms with Gasteiger partial charge in [-0.25, -0.2) is 9.97 Å². The van der Waals surface area contributed by atoms with Crippen LogP contribution in [-0.2, 0) is 11.8 Å². The fourth-order valence-electron chi connectivity index (χ4n) is 4.64. The third-order valence-electron chi connectivity index (χ3n) is 6.44. The Morgan fingerprint density at radius 1 is 1.14 bits per heavy atom. The second-order valence-electron chi connectivity index (χ2n) is 8.88. The van der Waals surface area contributed by atoms with Gasteiger partial charge in [-0.2, -0.15) is 5.10 Å². The van der Waals surface area contributed by atoms with E-state index in [2.05, 4.69) is 20.3 Å². The lowest BCUT2D eigenvalue weighted by molar-refractivity contribution is -0.122. The number of primary amides is 1. The minimum atomic E-state index is -0.275. The van der Waals surface area contributed by atoms with E-state index in [1.54, 1.807) is 16.9 Å². The van der Waals surface area contributed by atoms with Gasteiger partial charge in [-0.05, 0) is 38.0 Å². The van der Waals surface area contributed by atoms with Crippen molar-refractivity contribution in [1.29, 1.82) is 0 Å². The van der Waals surface area contributed by atoms with Crippen LogP contribution in [0.25, 0.3) is 22.3 Å². The van der Waals surface area contributed by atoms with E-state index in [9.17, 15) is 9.59 Å². The van der Waals surface area contributed by atoms with Crippen LogP contribution in [0.1, 0.15) is 28.9 Å². The molecular formula is C26H27N7O2. The lowest BCUT2D eigenvalue weighted by Gasteiger charge is -2.32. The molecule has 1 aromatic carbocycles. The van der Waals surface area contributed by atoms with Crippen molar-refractivity contribution in [2.45, 2.75) is 19.8 Å². The number of piperidine rings is 1. The van der Waals surface area contributed by atoms with E-state index >= 15 is 0 Å². The molecule has 1 fully saturated rings. The summed E-state index contributed by atoms with van der Waals surface area (Å²) in [5.41, 5.74) is 9.59. The van der Waals surface area contributed by atoms with Gasteiger partial charge in [-0.1, -0.05) is 30.3 Å². The van der Waals surface area contributed by atoms with Crippen LogP contribution in [0.15, 0.2) is 54.7 Å². The summed E-state index contributed by atoms with van der Waals surface area (Å²) in [5.74, 6) is 0.0603. The van der Waals surface area contributed by atoms with Crippen molar-refractivity contribution in [1.82, 2.24) is 19.7 Å². The molecule has 1 aliphatic heterocycles. The Balaban J connectivity index is 1.42. The number of nitrogens with one attached hydrogen (secondary N) is 1.